The molecule has 0 aliphatic carbocycles. The highest BCUT2D eigenvalue weighted by atomic mass is 35.5. The van der Waals surface area contributed by atoms with E-state index in [1.165, 1.54) is 11.3 Å². The Bertz CT molecular complexity index is 350. The minimum Gasteiger partial charge on any atom is -0.312 e. The van der Waals surface area contributed by atoms with Gasteiger partial charge in [0.15, 0.2) is 0 Å². The van der Waals surface area contributed by atoms with Crippen LogP contribution < -0.4 is 5.32 Å². The van der Waals surface area contributed by atoms with Gasteiger partial charge in [-0.25, -0.2) is 0 Å². The minimum absolute atomic E-state index is 0. The zero-order valence-corrected chi connectivity index (χ0v) is 12.5. The van der Waals surface area contributed by atoms with Crippen molar-refractivity contribution in [3.8, 4) is 0 Å². The lowest BCUT2D eigenvalue weighted by Crippen LogP contribution is -2.17. The Morgan fingerprint density at radius 1 is 1.47 bits per heavy atom. The summed E-state index contributed by atoms with van der Waals surface area (Å²) >= 11 is 1.90. The molecule has 17 heavy (non-hydrogen) atoms. The summed E-state index contributed by atoms with van der Waals surface area (Å²) in [4.78, 5) is 0. The van der Waals surface area contributed by atoms with Gasteiger partial charge in [-0.2, -0.15) is 16.9 Å². The van der Waals surface area contributed by atoms with Gasteiger partial charge >= 0.3 is 0 Å². The van der Waals surface area contributed by atoms with Crippen LogP contribution in [0.5, 0.6) is 0 Å². The summed E-state index contributed by atoms with van der Waals surface area (Å²) in [7, 11) is 1.99. The average Bonchev–Trinajstić information content (AvgIpc) is 2.49. The first-order chi connectivity index (χ1) is 7.66. The number of nitrogens with one attached hydrogen (secondary N) is 1. The van der Waals surface area contributed by atoms with Gasteiger partial charge in [0.05, 0.1) is 5.69 Å². The summed E-state index contributed by atoms with van der Waals surface area (Å²) in [6.45, 7) is 9.83. The monoisotopic (exact) mass is 275 g/mol. The van der Waals surface area contributed by atoms with Gasteiger partial charge in [0.25, 0.3) is 0 Å². The van der Waals surface area contributed by atoms with Crippen molar-refractivity contribution in [2.24, 2.45) is 7.05 Å². The van der Waals surface area contributed by atoms with Crippen molar-refractivity contribution in [3.63, 3.8) is 0 Å². The second-order valence-electron chi connectivity index (χ2n) is 3.81. The summed E-state index contributed by atoms with van der Waals surface area (Å²) in [6.07, 6.45) is 1.94. The molecule has 1 heterocycles. The first-order valence-electron chi connectivity index (χ1n) is 5.55. The molecule has 98 valence electrons. The zero-order chi connectivity index (χ0) is 12.0. The Morgan fingerprint density at radius 3 is 2.71 bits per heavy atom. The smallest absolute Gasteiger partial charge is 0.0641 e. The molecule has 1 aromatic rings. The van der Waals surface area contributed by atoms with Crippen molar-refractivity contribution in [1.29, 1.82) is 0 Å². The van der Waals surface area contributed by atoms with Gasteiger partial charge < -0.3 is 5.32 Å². The quantitative estimate of drug-likeness (QED) is 0.612. The summed E-state index contributed by atoms with van der Waals surface area (Å²) in [5, 5.41) is 7.84. The Morgan fingerprint density at radius 2 is 2.18 bits per heavy atom. The normalized spacial score (nSPS) is 10.1. The van der Waals surface area contributed by atoms with Crippen LogP contribution in [0.2, 0.25) is 0 Å². The minimum atomic E-state index is 0. The lowest BCUT2D eigenvalue weighted by atomic mass is 10.2. The van der Waals surface area contributed by atoms with Crippen LogP contribution in [-0.2, 0) is 13.6 Å². The number of aryl methyl sites for hydroxylation is 2. The highest BCUT2D eigenvalue weighted by Crippen LogP contribution is 2.11. The van der Waals surface area contributed by atoms with Crippen LogP contribution in [0.4, 0.5) is 0 Å². The van der Waals surface area contributed by atoms with Crippen LogP contribution in [-0.4, -0.2) is 27.8 Å². The molecule has 0 bridgehead atoms. The van der Waals surface area contributed by atoms with Crippen LogP contribution in [0.3, 0.4) is 0 Å². The van der Waals surface area contributed by atoms with Gasteiger partial charge in [-0.15, -0.1) is 19.0 Å². The molecule has 0 aromatic carbocycles. The molecular formula is C12H22ClN3S. The maximum Gasteiger partial charge on any atom is 0.0641 e. The first-order valence-corrected chi connectivity index (χ1v) is 6.70. The van der Waals surface area contributed by atoms with E-state index in [1.54, 1.807) is 0 Å². The molecule has 0 fully saturated rings. The number of nitrogens with zero attached hydrogens (tertiary/aromatic N) is 2. The van der Waals surface area contributed by atoms with Gasteiger partial charge in [-0.3, -0.25) is 4.68 Å². The number of halogens is 1. The molecule has 1 N–H and O–H groups in total. The second kappa shape index (κ2) is 8.61. The summed E-state index contributed by atoms with van der Waals surface area (Å²) in [5.41, 5.74) is 3.71. The fraction of sp³-hybridized carbons (Fsp3) is 0.583. The number of hydrogen-bond donors (Lipinski definition) is 1. The van der Waals surface area contributed by atoms with Crippen molar-refractivity contribution in [3.05, 3.63) is 29.6 Å². The van der Waals surface area contributed by atoms with Crippen LogP contribution in [0, 0.1) is 13.8 Å². The third-order valence-electron chi connectivity index (χ3n) is 2.62. The van der Waals surface area contributed by atoms with E-state index in [-0.39, 0.29) is 12.4 Å². The standard InChI is InChI=1S/C12H21N3S.ClH/c1-5-7-16-8-6-13-9-12-10(2)14-15(4)11(12)3;/h5,13H,1,6-9H2,2-4H3;1H. The number of aromatic nitrogens is 2. The van der Waals surface area contributed by atoms with E-state index in [0.29, 0.717) is 0 Å². The predicted octanol–water partition coefficient (Wildman–Crippen LogP) is 2.47. The molecule has 0 aliphatic rings. The molecule has 0 spiro atoms. The number of rotatable bonds is 7. The van der Waals surface area contributed by atoms with E-state index >= 15 is 0 Å². The van der Waals surface area contributed by atoms with E-state index in [0.717, 1.165) is 30.3 Å². The summed E-state index contributed by atoms with van der Waals surface area (Å²) in [6, 6.07) is 0. The average molecular weight is 276 g/mol. The Balaban J connectivity index is 0.00000256. The summed E-state index contributed by atoms with van der Waals surface area (Å²) in [5.74, 6) is 2.16. The molecule has 0 saturated heterocycles. The highest BCUT2D eigenvalue weighted by molar-refractivity contribution is 7.99. The molecule has 0 saturated carbocycles. The molecule has 1 rings (SSSR count). The maximum absolute atomic E-state index is 4.40. The fourth-order valence-corrected chi connectivity index (χ4v) is 2.22. The molecule has 5 heteroatoms. The molecular weight excluding hydrogens is 254 g/mol. The Kier molecular flexibility index (Phi) is 8.39. The molecule has 0 radical (unpaired) electrons. The maximum atomic E-state index is 4.40. The highest BCUT2D eigenvalue weighted by Gasteiger charge is 2.07. The molecule has 0 unspecified atom stereocenters. The number of hydrogen-bond acceptors (Lipinski definition) is 3. The molecule has 0 aliphatic heterocycles. The molecule has 3 nitrogen and oxygen atoms in total. The molecule has 0 atom stereocenters. The SMILES string of the molecule is C=CCSCCNCc1c(C)nn(C)c1C.Cl. The van der Waals surface area contributed by atoms with E-state index in [2.05, 4.69) is 30.8 Å². The van der Waals surface area contributed by atoms with Gasteiger partial charge in [-0.05, 0) is 13.8 Å². The van der Waals surface area contributed by atoms with Crippen molar-refractivity contribution < 1.29 is 0 Å². The van der Waals surface area contributed by atoms with Gasteiger partial charge in [-0.1, -0.05) is 6.08 Å². The number of thioether (sulfide) groups is 1. The van der Waals surface area contributed by atoms with Crippen molar-refractivity contribution in [1.82, 2.24) is 15.1 Å². The van der Waals surface area contributed by atoms with Gasteiger partial charge in [0, 0.05) is 42.9 Å². The molecule has 1 aromatic heterocycles. The topological polar surface area (TPSA) is 29.9 Å². The predicted molar refractivity (Wildman–Crippen MR) is 79.2 cm³/mol. The van der Waals surface area contributed by atoms with Crippen LogP contribution in [0.1, 0.15) is 17.0 Å². The lowest BCUT2D eigenvalue weighted by molar-refractivity contribution is 0.713. The fourth-order valence-electron chi connectivity index (χ4n) is 1.60. The van der Waals surface area contributed by atoms with Gasteiger partial charge in [0.2, 0.25) is 0 Å². The van der Waals surface area contributed by atoms with Crippen molar-refractivity contribution in [2.75, 3.05) is 18.1 Å². The first kappa shape index (κ1) is 16.6. The Labute approximate surface area is 114 Å². The lowest BCUT2D eigenvalue weighted by Gasteiger charge is -2.04. The Hall–Kier alpha value is -0.450. The van der Waals surface area contributed by atoms with Crippen LogP contribution >= 0.6 is 24.2 Å². The van der Waals surface area contributed by atoms with E-state index in [1.807, 2.05) is 29.6 Å². The van der Waals surface area contributed by atoms with Crippen molar-refractivity contribution >= 4 is 24.2 Å². The van der Waals surface area contributed by atoms with E-state index in [4.69, 9.17) is 0 Å². The third-order valence-corrected chi connectivity index (χ3v) is 3.58. The van der Waals surface area contributed by atoms with Crippen LogP contribution in [0.15, 0.2) is 12.7 Å². The second-order valence-corrected chi connectivity index (χ2v) is 4.96. The van der Waals surface area contributed by atoms with Crippen molar-refractivity contribution in [2.45, 2.75) is 20.4 Å². The largest absolute Gasteiger partial charge is 0.312 e. The van der Waals surface area contributed by atoms with Crippen LogP contribution in [0.25, 0.3) is 0 Å². The third kappa shape index (κ3) is 5.15. The molecule has 0 amide bonds. The summed E-state index contributed by atoms with van der Waals surface area (Å²) < 4.78 is 1.94. The van der Waals surface area contributed by atoms with Gasteiger partial charge in [0.1, 0.15) is 0 Å². The zero-order valence-electron chi connectivity index (χ0n) is 10.8. The van der Waals surface area contributed by atoms with E-state index < -0.39 is 0 Å². The van der Waals surface area contributed by atoms with E-state index in [9.17, 15) is 0 Å².